The average molecular weight is 257 g/mol. The SMILES string of the molecule is CCCNS(=O)(=O)NCCc1cccc(N)c1. The van der Waals surface area contributed by atoms with Crippen LogP contribution in [-0.2, 0) is 16.6 Å². The van der Waals surface area contributed by atoms with Crippen LogP contribution in [0.2, 0.25) is 0 Å². The van der Waals surface area contributed by atoms with Crippen LogP contribution >= 0.6 is 0 Å². The first-order valence-electron chi connectivity index (χ1n) is 5.62. The molecule has 0 saturated heterocycles. The monoisotopic (exact) mass is 257 g/mol. The minimum Gasteiger partial charge on any atom is -0.399 e. The summed E-state index contributed by atoms with van der Waals surface area (Å²) < 4.78 is 27.7. The molecule has 0 atom stereocenters. The van der Waals surface area contributed by atoms with Crippen LogP contribution in [0.4, 0.5) is 5.69 Å². The third-order valence-electron chi connectivity index (χ3n) is 2.20. The molecule has 0 aliphatic rings. The fraction of sp³-hybridized carbons (Fsp3) is 0.455. The van der Waals surface area contributed by atoms with Crippen molar-refractivity contribution < 1.29 is 8.42 Å². The quantitative estimate of drug-likeness (QED) is 0.627. The molecule has 1 aromatic rings. The Balaban J connectivity index is 2.37. The van der Waals surface area contributed by atoms with Crippen molar-refractivity contribution in [2.75, 3.05) is 18.8 Å². The Morgan fingerprint density at radius 2 is 1.94 bits per heavy atom. The van der Waals surface area contributed by atoms with E-state index in [0.717, 1.165) is 12.0 Å². The molecule has 0 heterocycles. The maximum absolute atomic E-state index is 11.4. The highest BCUT2D eigenvalue weighted by molar-refractivity contribution is 7.87. The standard InChI is InChI=1S/C11H19N3O2S/c1-2-7-13-17(15,16)14-8-6-10-4-3-5-11(12)9-10/h3-5,9,13-14H,2,6-8,12H2,1H3. The maximum atomic E-state index is 11.4. The van der Waals surface area contributed by atoms with Crippen molar-refractivity contribution in [1.82, 2.24) is 9.44 Å². The molecule has 0 saturated carbocycles. The predicted octanol–water partition coefficient (Wildman–Crippen LogP) is 0.645. The van der Waals surface area contributed by atoms with Crippen molar-refractivity contribution >= 4 is 15.9 Å². The molecule has 0 aromatic heterocycles. The molecule has 0 radical (unpaired) electrons. The van der Waals surface area contributed by atoms with Gasteiger partial charge >= 0.3 is 0 Å². The van der Waals surface area contributed by atoms with E-state index >= 15 is 0 Å². The lowest BCUT2D eigenvalue weighted by Crippen LogP contribution is -2.37. The lowest BCUT2D eigenvalue weighted by Gasteiger charge is -2.07. The minimum atomic E-state index is -3.36. The summed E-state index contributed by atoms with van der Waals surface area (Å²) in [5.74, 6) is 0. The van der Waals surface area contributed by atoms with Crippen LogP contribution in [0.15, 0.2) is 24.3 Å². The van der Waals surface area contributed by atoms with Gasteiger partial charge < -0.3 is 5.73 Å². The fourth-order valence-electron chi connectivity index (χ4n) is 1.37. The van der Waals surface area contributed by atoms with Gasteiger partial charge in [0.1, 0.15) is 0 Å². The molecule has 1 rings (SSSR count). The van der Waals surface area contributed by atoms with Crippen LogP contribution in [0.1, 0.15) is 18.9 Å². The predicted molar refractivity (Wildman–Crippen MR) is 69.8 cm³/mol. The molecule has 0 fully saturated rings. The number of hydrogen-bond donors (Lipinski definition) is 3. The van der Waals surface area contributed by atoms with Gasteiger partial charge in [-0.2, -0.15) is 8.42 Å². The van der Waals surface area contributed by atoms with E-state index in [1.54, 1.807) is 6.07 Å². The summed E-state index contributed by atoms with van der Waals surface area (Å²) in [5, 5.41) is 0. The highest BCUT2D eigenvalue weighted by Gasteiger charge is 2.06. The normalized spacial score (nSPS) is 11.6. The molecule has 0 bridgehead atoms. The molecule has 0 unspecified atom stereocenters. The lowest BCUT2D eigenvalue weighted by molar-refractivity contribution is 0.566. The molecule has 6 heteroatoms. The second-order valence-electron chi connectivity index (χ2n) is 3.79. The number of nitrogen functional groups attached to an aromatic ring is 1. The topological polar surface area (TPSA) is 84.2 Å². The van der Waals surface area contributed by atoms with E-state index in [9.17, 15) is 8.42 Å². The Morgan fingerprint density at radius 3 is 2.59 bits per heavy atom. The summed E-state index contributed by atoms with van der Waals surface area (Å²) in [7, 11) is -3.36. The van der Waals surface area contributed by atoms with Crippen molar-refractivity contribution in [2.45, 2.75) is 19.8 Å². The zero-order chi connectivity index (χ0) is 12.7. The zero-order valence-electron chi connectivity index (χ0n) is 9.94. The van der Waals surface area contributed by atoms with Gasteiger partial charge in [0.2, 0.25) is 0 Å². The van der Waals surface area contributed by atoms with Gasteiger partial charge in [-0.1, -0.05) is 19.1 Å². The molecule has 0 amide bonds. The number of nitrogens with two attached hydrogens (primary N) is 1. The molecule has 17 heavy (non-hydrogen) atoms. The molecule has 96 valence electrons. The van der Waals surface area contributed by atoms with Gasteiger partial charge in [0.25, 0.3) is 10.2 Å². The second-order valence-corrected chi connectivity index (χ2v) is 5.37. The highest BCUT2D eigenvalue weighted by Crippen LogP contribution is 2.06. The Labute approximate surface area is 103 Å². The summed E-state index contributed by atoms with van der Waals surface area (Å²) in [6.07, 6.45) is 1.40. The van der Waals surface area contributed by atoms with Crippen molar-refractivity contribution in [3.8, 4) is 0 Å². The van der Waals surface area contributed by atoms with Crippen LogP contribution in [-0.4, -0.2) is 21.5 Å². The van der Waals surface area contributed by atoms with Gasteiger partial charge in [0, 0.05) is 18.8 Å². The van der Waals surface area contributed by atoms with Gasteiger partial charge in [0.05, 0.1) is 0 Å². The van der Waals surface area contributed by atoms with E-state index in [0.29, 0.717) is 25.2 Å². The number of hydrogen-bond acceptors (Lipinski definition) is 3. The first kappa shape index (κ1) is 14.0. The molecular formula is C11H19N3O2S. The van der Waals surface area contributed by atoms with E-state index in [1.807, 2.05) is 25.1 Å². The van der Waals surface area contributed by atoms with Gasteiger partial charge in [-0.15, -0.1) is 0 Å². The highest BCUT2D eigenvalue weighted by atomic mass is 32.2. The van der Waals surface area contributed by atoms with E-state index in [2.05, 4.69) is 9.44 Å². The van der Waals surface area contributed by atoms with Crippen molar-refractivity contribution in [2.24, 2.45) is 0 Å². The van der Waals surface area contributed by atoms with E-state index in [-0.39, 0.29) is 0 Å². The summed E-state index contributed by atoms with van der Waals surface area (Å²) in [5.41, 5.74) is 7.34. The number of rotatable bonds is 7. The number of anilines is 1. The largest absolute Gasteiger partial charge is 0.399 e. The third-order valence-corrected chi connectivity index (χ3v) is 3.37. The Bertz CT molecular complexity index is 446. The average Bonchev–Trinajstić information content (AvgIpc) is 2.26. The van der Waals surface area contributed by atoms with E-state index in [1.165, 1.54) is 0 Å². The Hall–Kier alpha value is -1.11. The Morgan fingerprint density at radius 1 is 1.24 bits per heavy atom. The molecular weight excluding hydrogens is 238 g/mol. The molecule has 0 spiro atoms. The van der Waals surface area contributed by atoms with Crippen molar-refractivity contribution in [3.05, 3.63) is 29.8 Å². The van der Waals surface area contributed by atoms with Crippen LogP contribution in [0.25, 0.3) is 0 Å². The van der Waals surface area contributed by atoms with Gasteiger partial charge in [-0.05, 0) is 30.5 Å². The maximum Gasteiger partial charge on any atom is 0.276 e. The van der Waals surface area contributed by atoms with Crippen LogP contribution in [0, 0.1) is 0 Å². The number of nitrogens with one attached hydrogen (secondary N) is 2. The minimum absolute atomic E-state index is 0.364. The zero-order valence-corrected chi connectivity index (χ0v) is 10.8. The fourth-order valence-corrected chi connectivity index (χ4v) is 2.31. The molecule has 4 N–H and O–H groups in total. The Kier molecular flexibility index (Phi) is 5.40. The summed E-state index contributed by atoms with van der Waals surface area (Å²) in [6.45, 7) is 2.73. The smallest absolute Gasteiger partial charge is 0.276 e. The first-order chi connectivity index (χ1) is 8.03. The van der Waals surface area contributed by atoms with Crippen molar-refractivity contribution in [3.63, 3.8) is 0 Å². The van der Waals surface area contributed by atoms with Crippen molar-refractivity contribution in [1.29, 1.82) is 0 Å². The summed E-state index contributed by atoms with van der Waals surface area (Å²) in [6, 6.07) is 7.42. The number of benzene rings is 1. The lowest BCUT2D eigenvalue weighted by atomic mass is 10.1. The van der Waals surface area contributed by atoms with Gasteiger partial charge in [0.15, 0.2) is 0 Å². The summed E-state index contributed by atoms with van der Waals surface area (Å²) in [4.78, 5) is 0. The van der Waals surface area contributed by atoms with E-state index < -0.39 is 10.2 Å². The van der Waals surface area contributed by atoms with Gasteiger partial charge in [-0.3, -0.25) is 0 Å². The molecule has 5 nitrogen and oxygen atoms in total. The third kappa shape index (κ3) is 5.67. The molecule has 0 aliphatic carbocycles. The van der Waals surface area contributed by atoms with Gasteiger partial charge in [-0.25, -0.2) is 9.44 Å². The molecule has 0 aliphatic heterocycles. The first-order valence-corrected chi connectivity index (χ1v) is 7.10. The molecule has 1 aromatic carbocycles. The second kappa shape index (κ2) is 6.58. The van der Waals surface area contributed by atoms with Crippen LogP contribution in [0.5, 0.6) is 0 Å². The van der Waals surface area contributed by atoms with E-state index in [4.69, 9.17) is 5.73 Å². The summed E-state index contributed by atoms with van der Waals surface area (Å²) >= 11 is 0. The van der Waals surface area contributed by atoms with Crippen LogP contribution in [0.3, 0.4) is 0 Å². The van der Waals surface area contributed by atoms with Crippen LogP contribution < -0.4 is 15.2 Å².